The minimum absolute atomic E-state index is 0.00815. The fourth-order valence-electron chi connectivity index (χ4n) is 2.02. The van der Waals surface area contributed by atoms with Gasteiger partial charge in [-0.1, -0.05) is 18.2 Å². The molecule has 0 bridgehead atoms. The zero-order chi connectivity index (χ0) is 10.2. The van der Waals surface area contributed by atoms with E-state index in [1.165, 1.54) is 24.0 Å². The van der Waals surface area contributed by atoms with Crippen molar-refractivity contribution in [3.05, 3.63) is 34.9 Å². The fraction of sp³-hybridized carbons (Fsp3) is 0.500. The molecule has 1 unspecified atom stereocenters. The Bertz CT molecular complexity index is 344. The first-order chi connectivity index (χ1) is 6.63. The third-order valence-corrected chi connectivity index (χ3v) is 3.09. The maximum absolute atomic E-state index is 9.17. The average molecular weight is 191 g/mol. The lowest BCUT2D eigenvalue weighted by Crippen LogP contribution is -2.37. The van der Waals surface area contributed by atoms with Gasteiger partial charge in [-0.25, -0.2) is 0 Å². The Balaban J connectivity index is 2.38. The van der Waals surface area contributed by atoms with Crippen molar-refractivity contribution >= 4 is 0 Å². The van der Waals surface area contributed by atoms with Gasteiger partial charge in [0, 0.05) is 0 Å². The molecule has 1 atom stereocenters. The molecule has 0 spiro atoms. The van der Waals surface area contributed by atoms with Gasteiger partial charge in [0.25, 0.3) is 0 Å². The number of aliphatic hydroxyl groups excluding tert-OH is 1. The first kappa shape index (κ1) is 9.69. The molecule has 2 rings (SSSR count). The van der Waals surface area contributed by atoms with E-state index in [1.807, 2.05) is 13.0 Å². The van der Waals surface area contributed by atoms with Crippen LogP contribution in [0.5, 0.6) is 0 Å². The Morgan fingerprint density at radius 2 is 2.07 bits per heavy atom. The molecule has 0 saturated heterocycles. The van der Waals surface area contributed by atoms with Crippen LogP contribution in [0.15, 0.2) is 18.2 Å². The Kier molecular flexibility index (Phi) is 2.33. The smallest absolute Gasteiger partial charge is 0.0650 e. The molecule has 0 radical (unpaired) electrons. The van der Waals surface area contributed by atoms with Crippen LogP contribution in [0.25, 0.3) is 0 Å². The third kappa shape index (κ3) is 1.56. The SMILES string of the molecule is CC(N)(CO)c1ccc2c(c1)CCC2. The topological polar surface area (TPSA) is 46.2 Å². The van der Waals surface area contributed by atoms with E-state index < -0.39 is 5.54 Å². The second kappa shape index (κ2) is 3.37. The summed E-state index contributed by atoms with van der Waals surface area (Å²) in [5.74, 6) is 0. The predicted octanol–water partition coefficient (Wildman–Crippen LogP) is 1.34. The van der Waals surface area contributed by atoms with Crippen molar-refractivity contribution in [2.75, 3.05) is 6.61 Å². The lowest BCUT2D eigenvalue weighted by Gasteiger charge is -2.23. The van der Waals surface area contributed by atoms with E-state index in [0.717, 1.165) is 12.0 Å². The third-order valence-electron chi connectivity index (χ3n) is 3.09. The van der Waals surface area contributed by atoms with Gasteiger partial charge in [0.1, 0.15) is 0 Å². The lowest BCUT2D eigenvalue weighted by molar-refractivity contribution is 0.210. The summed E-state index contributed by atoms with van der Waals surface area (Å²) in [5.41, 5.74) is 9.28. The predicted molar refractivity (Wildman–Crippen MR) is 57.1 cm³/mol. The van der Waals surface area contributed by atoms with Crippen molar-refractivity contribution in [2.24, 2.45) is 5.73 Å². The molecule has 2 nitrogen and oxygen atoms in total. The Labute approximate surface area is 84.7 Å². The van der Waals surface area contributed by atoms with Crippen molar-refractivity contribution < 1.29 is 5.11 Å². The first-order valence-electron chi connectivity index (χ1n) is 5.15. The van der Waals surface area contributed by atoms with E-state index in [0.29, 0.717) is 0 Å². The van der Waals surface area contributed by atoms with Crippen molar-refractivity contribution in [1.29, 1.82) is 0 Å². The zero-order valence-electron chi connectivity index (χ0n) is 8.59. The van der Waals surface area contributed by atoms with Crippen LogP contribution < -0.4 is 5.73 Å². The number of aryl methyl sites for hydroxylation is 2. The Morgan fingerprint density at radius 3 is 2.79 bits per heavy atom. The fourth-order valence-corrected chi connectivity index (χ4v) is 2.02. The number of fused-ring (bicyclic) bond motifs is 1. The number of hydrogen-bond donors (Lipinski definition) is 2. The molecule has 3 N–H and O–H groups in total. The average Bonchev–Trinajstić information content (AvgIpc) is 2.64. The quantitative estimate of drug-likeness (QED) is 0.741. The molecule has 14 heavy (non-hydrogen) atoms. The highest BCUT2D eigenvalue weighted by molar-refractivity contribution is 5.37. The maximum atomic E-state index is 9.17. The van der Waals surface area contributed by atoms with Crippen LogP contribution in [0, 0.1) is 0 Å². The van der Waals surface area contributed by atoms with Gasteiger partial charge >= 0.3 is 0 Å². The number of hydrogen-bond acceptors (Lipinski definition) is 2. The van der Waals surface area contributed by atoms with E-state index >= 15 is 0 Å². The second-order valence-corrected chi connectivity index (χ2v) is 4.41. The summed E-state index contributed by atoms with van der Waals surface area (Å²) in [4.78, 5) is 0. The van der Waals surface area contributed by atoms with E-state index in [4.69, 9.17) is 5.73 Å². The molecule has 0 aromatic heterocycles. The van der Waals surface area contributed by atoms with Crippen LogP contribution in [0.3, 0.4) is 0 Å². The Hall–Kier alpha value is -0.860. The first-order valence-corrected chi connectivity index (χ1v) is 5.15. The molecule has 1 aliphatic rings. The standard InChI is InChI=1S/C12H17NO/c1-12(13,8-14)11-6-5-9-3-2-4-10(9)7-11/h5-7,14H,2-4,8,13H2,1H3. The van der Waals surface area contributed by atoms with Crippen molar-refractivity contribution in [1.82, 2.24) is 0 Å². The van der Waals surface area contributed by atoms with Gasteiger partial charge in [-0.2, -0.15) is 0 Å². The van der Waals surface area contributed by atoms with Crippen LogP contribution >= 0.6 is 0 Å². The van der Waals surface area contributed by atoms with Gasteiger partial charge in [0.05, 0.1) is 12.1 Å². The molecular formula is C12H17NO. The molecule has 0 amide bonds. The number of nitrogens with two attached hydrogens (primary N) is 1. The molecule has 1 aromatic carbocycles. The normalized spacial score (nSPS) is 19.1. The summed E-state index contributed by atoms with van der Waals surface area (Å²) < 4.78 is 0. The van der Waals surface area contributed by atoms with Crippen LogP contribution in [0.2, 0.25) is 0 Å². The minimum Gasteiger partial charge on any atom is -0.394 e. The van der Waals surface area contributed by atoms with Crippen LogP contribution in [-0.4, -0.2) is 11.7 Å². The van der Waals surface area contributed by atoms with Crippen molar-refractivity contribution in [2.45, 2.75) is 31.7 Å². The number of aliphatic hydroxyl groups is 1. The molecule has 76 valence electrons. The molecule has 1 aromatic rings. The van der Waals surface area contributed by atoms with E-state index in [2.05, 4.69) is 12.1 Å². The van der Waals surface area contributed by atoms with Gasteiger partial charge in [-0.15, -0.1) is 0 Å². The summed E-state index contributed by atoms with van der Waals surface area (Å²) in [5, 5.41) is 9.17. The molecule has 2 heteroatoms. The van der Waals surface area contributed by atoms with E-state index in [-0.39, 0.29) is 6.61 Å². The van der Waals surface area contributed by atoms with Crippen molar-refractivity contribution in [3.8, 4) is 0 Å². The number of rotatable bonds is 2. The maximum Gasteiger partial charge on any atom is 0.0650 e. The molecule has 0 saturated carbocycles. The molecule has 1 aliphatic carbocycles. The van der Waals surface area contributed by atoms with Gasteiger partial charge < -0.3 is 10.8 Å². The largest absolute Gasteiger partial charge is 0.394 e. The van der Waals surface area contributed by atoms with Gasteiger partial charge in [0.15, 0.2) is 0 Å². The van der Waals surface area contributed by atoms with Gasteiger partial charge in [-0.05, 0) is 42.9 Å². The molecule has 0 aliphatic heterocycles. The van der Waals surface area contributed by atoms with Crippen molar-refractivity contribution in [3.63, 3.8) is 0 Å². The second-order valence-electron chi connectivity index (χ2n) is 4.41. The van der Waals surface area contributed by atoms with Crippen LogP contribution in [0.4, 0.5) is 0 Å². The summed E-state index contributed by atoms with van der Waals surface area (Å²) in [6.45, 7) is 1.86. The highest BCUT2D eigenvalue weighted by Crippen LogP contribution is 2.26. The lowest BCUT2D eigenvalue weighted by atomic mass is 9.91. The summed E-state index contributed by atoms with van der Waals surface area (Å²) in [6.07, 6.45) is 3.60. The van der Waals surface area contributed by atoms with Crippen LogP contribution in [-0.2, 0) is 18.4 Å². The van der Waals surface area contributed by atoms with Crippen LogP contribution in [0.1, 0.15) is 30.0 Å². The van der Waals surface area contributed by atoms with Gasteiger partial charge in [0.2, 0.25) is 0 Å². The monoisotopic (exact) mass is 191 g/mol. The van der Waals surface area contributed by atoms with E-state index in [1.54, 1.807) is 0 Å². The number of benzene rings is 1. The summed E-state index contributed by atoms with van der Waals surface area (Å²) >= 11 is 0. The molecule has 0 fully saturated rings. The highest BCUT2D eigenvalue weighted by atomic mass is 16.3. The van der Waals surface area contributed by atoms with Gasteiger partial charge in [-0.3, -0.25) is 0 Å². The highest BCUT2D eigenvalue weighted by Gasteiger charge is 2.21. The van der Waals surface area contributed by atoms with E-state index in [9.17, 15) is 5.11 Å². The summed E-state index contributed by atoms with van der Waals surface area (Å²) in [7, 11) is 0. The summed E-state index contributed by atoms with van der Waals surface area (Å²) in [6, 6.07) is 6.34. The Morgan fingerprint density at radius 1 is 1.36 bits per heavy atom. The molecule has 0 heterocycles. The molecular weight excluding hydrogens is 174 g/mol. The zero-order valence-corrected chi connectivity index (χ0v) is 8.59. The minimum atomic E-state index is -0.600.